The van der Waals surface area contributed by atoms with Crippen molar-refractivity contribution in [3.8, 4) is 36.2 Å². The number of unbranched alkanes of at least 4 members (excludes halogenated alkanes) is 6. The summed E-state index contributed by atoms with van der Waals surface area (Å²) >= 11 is 0. The largest absolute Gasteiger partial charge is 0.490 e. The summed E-state index contributed by atoms with van der Waals surface area (Å²) in [6.07, 6.45) is 6.16. The predicted molar refractivity (Wildman–Crippen MR) is 272 cm³/mol. The van der Waals surface area contributed by atoms with Crippen LogP contribution in [0.3, 0.4) is 0 Å². The highest BCUT2D eigenvalue weighted by atomic mass is 31.3. The number of carbonyl (C=O) groups excluding carboxylic acids is 5. The first-order valence-electron chi connectivity index (χ1n) is 24.1. The molecule has 8 unspecified atom stereocenters. The molecule has 0 saturated carbocycles. The van der Waals surface area contributed by atoms with Crippen molar-refractivity contribution in [2.24, 2.45) is 5.92 Å². The van der Waals surface area contributed by atoms with Crippen LogP contribution < -0.4 is 25.4 Å². The molecule has 31 nitrogen and oxygen atoms in total. The Bertz CT molecular complexity index is 2820. The third-order valence-corrected chi connectivity index (χ3v) is 20.1. The van der Waals surface area contributed by atoms with Gasteiger partial charge in [-0.15, -0.1) is 12.8 Å². The van der Waals surface area contributed by atoms with E-state index in [4.69, 9.17) is 27.1 Å². The number of halogens is 3. The van der Waals surface area contributed by atoms with E-state index in [0.717, 1.165) is 0 Å². The highest BCUT2D eigenvalue weighted by Gasteiger charge is 2.50. The second-order valence-corrected chi connectivity index (χ2v) is 26.9. The van der Waals surface area contributed by atoms with E-state index in [1.165, 1.54) is 25.1 Å². The van der Waals surface area contributed by atoms with Gasteiger partial charge in [-0.05, 0) is 57.6 Å². The van der Waals surface area contributed by atoms with Gasteiger partial charge in [-0.2, -0.15) is 34.7 Å². The molecule has 10 N–H and O–H groups in total. The lowest BCUT2D eigenvalue weighted by Gasteiger charge is -2.24. The maximum atomic E-state index is 13.2. The Labute approximate surface area is 466 Å². The van der Waals surface area contributed by atoms with Crippen LogP contribution in [0.2, 0.25) is 0 Å². The summed E-state index contributed by atoms with van der Waals surface area (Å²) in [6.45, 7) is -0.850. The van der Waals surface area contributed by atoms with Crippen LogP contribution in [0, 0.1) is 30.6 Å². The van der Waals surface area contributed by atoms with Crippen molar-refractivity contribution < 1.29 is 144 Å². The monoisotopic (exact) mass is 1300 g/mol. The molecule has 0 radical (unpaired) electrons. The number of nitrogens with one attached hydrogen (secondary N) is 3. The molecule has 0 spiro atoms. The van der Waals surface area contributed by atoms with E-state index in [2.05, 4.69) is 53.1 Å². The van der Waals surface area contributed by atoms with E-state index >= 15 is 0 Å². The van der Waals surface area contributed by atoms with E-state index in [0.29, 0.717) is 50.5 Å². The number of aliphatic hydroxyl groups excluding tert-OH is 1. The number of aliphatic hydroxyl groups is 1. The smallest absolute Gasteiger partial charge is 0.481 e. The molecule has 1 aromatic carbocycles. The zero-order valence-corrected chi connectivity index (χ0v) is 48.5. The number of benzene rings is 1. The number of phosphoric ester groups is 2. The van der Waals surface area contributed by atoms with Crippen LogP contribution in [0.4, 0.5) is 13.2 Å². The quantitative estimate of drug-likeness (QED) is 0.0137. The normalized spacial score (nSPS) is 21.7. The molecule has 82 heavy (non-hydrogen) atoms. The summed E-state index contributed by atoms with van der Waals surface area (Å²) in [5.74, 6) is -0.324. The average Bonchev–Trinajstić information content (AvgIpc) is 3.84. The van der Waals surface area contributed by atoms with E-state index in [1.54, 1.807) is 5.32 Å². The van der Waals surface area contributed by atoms with Crippen LogP contribution in [0.1, 0.15) is 99.9 Å². The van der Waals surface area contributed by atoms with E-state index in [1.807, 2.05) is 0 Å². The van der Waals surface area contributed by atoms with Crippen LogP contribution in [-0.4, -0.2) is 128 Å². The number of amides is 4. The lowest BCUT2D eigenvalue weighted by molar-refractivity contribution is -0.173. The number of phosphoric acid groups is 6. The molecule has 0 aromatic heterocycles. The summed E-state index contributed by atoms with van der Waals surface area (Å²) in [6, 6.07) is 2.87. The molecular weight excluding hydrogens is 1240 g/mol. The molecule has 1 fully saturated rings. The average molecular weight is 1300 g/mol. The molecule has 462 valence electrons. The third-order valence-electron chi connectivity index (χ3n) is 10.9. The number of terminal acetylenes is 2. The highest BCUT2D eigenvalue weighted by molar-refractivity contribution is 7.72. The highest BCUT2D eigenvalue weighted by Crippen LogP contribution is 2.75. The zero-order chi connectivity index (χ0) is 61.7. The lowest BCUT2D eigenvalue weighted by Crippen LogP contribution is -2.44. The Morgan fingerprint density at radius 1 is 0.707 bits per heavy atom. The minimum Gasteiger partial charge on any atom is -0.481 e. The molecule has 0 aliphatic carbocycles. The molecule has 2 aliphatic heterocycles. The molecule has 0 bridgehead atoms. The fraction of sp³-hybridized carbons (Fsp3) is 0.595. The number of ketones is 1. The molecule has 4 amide bonds. The second kappa shape index (κ2) is 32.5. The van der Waals surface area contributed by atoms with Crippen molar-refractivity contribution in [2.75, 3.05) is 39.5 Å². The number of rotatable bonds is 38. The fourth-order valence-electron chi connectivity index (χ4n) is 7.30. The maximum Gasteiger partial charge on any atom is 0.490 e. The number of Topliss-reactive ketones (excluding diaryl/α,β-unsaturated/α-hetero) is 1. The lowest BCUT2D eigenvalue weighted by atomic mass is 9.93. The summed E-state index contributed by atoms with van der Waals surface area (Å²) < 4.78 is 156. The molecule has 2 heterocycles. The summed E-state index contributed by atoms with van der Waals surface area (Å²) in [7, 11) is -37.2. The molecule has 10 atom stereocenters. The third kappa shape index (κ3) is 26.9. The molecule has 1 saturated heterocycles. The van der Waals surface area contributed by atoms with Gasteiger partial charge in [0.15, 0.2) is 5.78 Å². The van der Waals surface area contributed by atoms with Crippen molar-refractivity contribution in [1.29, 1.82) is 0 Å². The van der Waals surface area contributed by atoms with Gasteiger partial charge in [0.05, 0.1) is 31.3 Å². The van der Waals surface area contributed by atoms with Crippen LogP contribution in [0.25, 0.3) is 0 Å². The number of imide groups is 1. The van der Waals surface area contributed by atoms with Crippen molar-refractivity contribution in [3.63, 3.8) is 0 Å². The Kier molecular flexibility index (Phi) is 28.6. The number of alkyl halides is 3. The van der Waals surface area contributed by atoms with E-state index in [-0.39, 0.29) is 99.2 Å². The first-order chi connectivity index (χ1) is 38.0. The summed E-state index contributed by atoms with van der Waals surface area (Å²) in [5.41, 5.74) is 0.717. The first-order valence-corrected chi connectivity index (χ1v) is 33.1. The number of carbonyl (C=O) groups is 5. The molecule has 1 aromatic rings. The second-order valence-electron chi connectivity index (χ2n) is 17.5. The first kappa shape index (κ1) is 72.3. The van der Waals surface area contributed by atoms with Crippen molar-refractivity contribution in [2.45, 2.75) is 115 Å². The Morgan fingerprint density at radius 3 is 1.73 bits per heavy atom. The van der Waals surface area contributed by atoms with Crippen molar-refractivity contribution in [1.82, 2.24) is 16.0 Å². The van der Waals surface area contributed by atoms with Gasteiger partial charge < -0.3 is 59.3 Å². The zero-order valence-electron chi connectivity index (χ0n) is 43.2. The van der Waals surface area contributed by atoms with Gasteiger partial charge in [0.1, 0.15) is 30.8 Å². The Balaban J connectivity index is 1.32. The van der Waals surface area contributed by atoms with Gasteiger partial charge >= 0.3 is 59.0 Å². The number of hydrogen-bond donors (Lipinski definition) is 10. The van der Waals surface area contributed by atoms with Crippen LogP contribution in [0.15, 0.2) is 23.8 Å². The van der Waals surface area contributed by atoms with Crippen molar-refractivity contribution >= 4 is 76.3 Å². The Hall–Kier alpha value is -4.00. The standard InChI is InChI=1S/C42H60F3N3O28P6/c1-4-20-67-34-24-29(25-35(68-21-5-2)30(34)15-14-19-47-41(54)42(43,44)45)32(49)16-10-6-7-11-17-38(51)46-18-12-8-9-13-22-69-77(55,56)72-79(59,60)74-81(63,64)76-82(65,66)75-80(61,62)73-78(57,58)70-27-37-33(50)26-36(71-37)31-23-28(3)39(52)48-40(31)53/h1-2,23-25,31,33,36-37,50H,6-22,26-27H2,3H3,(H,46,51)(H,47,54)(H,55,56)(H,57,58)(H,59,60)(H,61,62)(H,63,64)(H,65,66)(H,48,52,53)/t31?,33?,36-,37-/m1/s1. The van der Waals surface area contributed by atoms with Gasteiger partial charge in [-0.1, -0.05) is 43.6 Å². The van der Waals surface area contributed by atoms with Gasteiger partial charge in [-0.3, -0.25) is 38.3 Å². The van der Waals surface area contributed by atoms with Gasteiger partial charge in [0, 0.05) is 49.1 Å². The number of hydrogen-bond acceptors (Lipinski definition) is 22. The Morgan fingerprint density at radius 2 is 1.20 bits per heavy atom. The van der Waals surface area contributed by atoms with Crippen LogP contribution in [0.5, 0.6) is 11.5 Å². The fourth-order valence-corrected chi connectivity index (χ4v) is 15.1. The van der Waals surface area contributed by atoms with Gasteiger partial charge in [-0.25, -0.2) is 27.4 Å². The van der Waals surface area contributed by atoms with Crippen molar-refractivity contribution in [3.05, 3.63) is 34.9 Å². The van der Waals surface area contributed by atoms with E-state index in [9.17, 15) is 99.0 Å². The van der Waals surface area contributed by atoms with Crippen LogP contribution >= 0.6 is 46.9 Å². The maximum absolute atomic E-state index is 13.2. The number of ether oxygens (including phenoxy) is 3. The minimum absolute atomic E-state index is 0.00720. The molecule has 40 heteroatoms. The predicted octanol–water partition coefficient (Wildman–Crippen LogP) is 4.98. The van der Waals surface area contributed by atoms with Crippen LogP contribution in [-0.2, 0) is 88.3 Å². The van der Waals surface area contributed by atoms with Gasteiger partial charge in [0.25, 0.3) is 5.91 Å². The topological polar surface area (TPSA) is 458 Å². The van der Waals surface area contributed by atoms with E-state index < -0.39 is 108 Å². The summed E-state index contributed by atoms with van der Waals surface area (Å²) in [4.78, 5) is 119. The molecule has 3 rings (SSSR count). The SMILES string of the molecule is C#CCOc1cc(C(=O)CCCCCCC(=O)NCCCCCCOP(=O)(O)OP(=O)(O)OP(=O)(O)OP(=O)(O)OP(=O)(O)OP(=O)(O)OC[C@H]2O[C@@H](C3C=C(C)C(=O)NC3=O)CC2O)cc(OCC#C)c1CCCNC(=O)C(F)(F)F. The summed E-state index contributed by atoms with van der Waals surface area (Å²) in [5, 5.41) is 16.8. The molecule has 2 aliphatic rings. The van der Waals surface area contributed by atoms with Gasteiger partial charge in [0.2, 0.25) is 11.8 Å². The minimum atomic E-state index is -6.54. The molecular formula is C42H60F3N3O28P6.